The number of allylic oxidation sites excluding steroid dienone is 1. The molecular formula is C17H20O2. The Balaban J connectivity index is 1.98. The van der Waals surface area contributed by atoms with Crippen molar-refractivity contribution in [1.82, 2.24) is 0 Å². The second-order valence-electron chi connectivity index (χ2n) is 6.05. The first kappa shape index (κ1) is 12.6. The minimum Gasteiger partial charge on any atom is -0.380 e. The molecule has 100 valence electrons. The zero-order valence-corrected chi connectivity index (χ0v) is 11.4. The lowest BCUT2D eigenvalue weighted by atomic mass is 9.72. The summed E-state index contributed by atoms with van der Waals surface area (Å²) in [6.07, 6.45) is 4.53. The van der Waals surface area contributed by atoms with Crippen molar-refractivity contribution in [2.45, 2.75) is 26.2 Å². The smallest absolute Gasteiger partial charge is 0.133 e. The third-order valence-electron chi connectivity index (χ3n) is 4.45. The quantitative estimate of drug-likeness (QED) is 0.769. The second kappa shape index (κ2) is 4.93. The maximum atomic E-state index is 12.1. The molecule has 0 aromatic heterocycles. The van der Waals surface area contributed by atoms with E-state index in [4.69, 9.17) is 4.74 Å². The maximum Gasteiger partial charge on any atom is 0.133 e. The van der Waals surface area contributed by atoms with Crippen molar-refractivity contribution in [2.24, 2.45) is 11.3 Å². The van der Waals surface area contributed by atoms with Crippen LogP contribution in [0, 0.1) is 11.3 Å². The number of ketones is 1. The van der Waals surface area contributed by atoms with Crippen molar-refractivity contribution in [1.29, 1.82) is 0 Å². The van der Waals surface area contributed by atoms with Crippen molar-refractivity contribution >= 4 is 11.4 Å². The fourth-order valence-corrected chi connectivity index (χ4v) is 3.19. The molecule has 1 fully saturated rings. The standard InChI is InChI=1S/C17H20O2/c1-17-10-16(18)8-7-14(9-15(17)11-19-12-17)13-5-3-2-4-6-13/h2-6,9,15H,7-8,10-12H2,1H3/b14-9+/t15-,17+/m1/s1. The van der Waals surface area contributed by atoms with E-state index >= 15 is 0 Å². The summed E-state index contributed by atoms with van der Waals surface area (Å²) in [4.78, 5) is 12.1. The summed E-state index contributed by atoms with van der Waals surface area (Å²) in [6, 6.07) is 10.4. The molecule has 0 unspecified atom stereocenters. The summed E-state index contributed by atoms with van der Waals surface area (Å²) < 4.78 is 5.64. The van der Waals surface area contributed by atoms with Crippen LogP contribution in [0.3, 0.4) is 0 Å². The Morgan fingerprint density at radius 1 is 1.21 bits per heavy atom. The Morgan fingerprint density at radius 2 is 2.00 bits per heavy atom. The summed E-state index contributed by atoms with van der Waals surface area (Å²) in [5, 5.41) is 0. The first-order chi connectivity index (χ1) is 9.17. The Kier molecular flexibility index (Phi) is 3.28. The van der Waals surface area contributed by atoms with E-state index in [0.717, 1.165) is 13.0 Å². The number of hydrogen-bond acceptors (Lipinski definition) is 2. The first-order valence-electron chi connectivity index (χ1n) is 7.03. The lowest BCUT2D eigenvalue weighted by molar-refractivity contribution is -0.121. The van der Waals surface area contributed by atoms with Gasteiger partial charge < -0.3 is 4.74 Å². The molecule has 1 aromatic carbocycles. The zero-order chi connectivity index (χ0) is 13.3. The van der Waals surface area contributed by atoms with Crippen LogP contribution in [0.15, 0.2) is 36.4 Å². The molecular weight excluding hydrogens is 236 g/mol. The highest BCUT2D eigenvalue weighted by Gasteiger charge is 2.41. The van der Waals surface area contributed by atoms with Gasteiger partial charge in [0.05, 0.1) is 13.2 Å². The van der Waals surface area contributed by atoms with Crippen LogP contribution in [-0.4, -0.2) is 19.0 Å². The van der Waals surface area contributed by atoms with E-state index in [-0.39, 0.29) is 5.41 Å². The van der Waals surface area contributed by atoms with Crippen molar-refractivity contribution < 1.29 is 9.53 Å². The van der Waals surface area contributed by atoms with Gasteiger partial charge in [0.15, 0.2) is 0 Å². The molecule has 2 nitrogen and oxygen atoms in total. The highest BCUT2D eigenvalue weighted by atomic mass is 16.5. The number of hydrogen-bond donors (Lipinski definition) is 0. The van der Waals surface area contributed by atoms with Gasteiger partial charge in [-0.15, -0.1) is 0 Å². The maximum absolute atomic E-state index is 12.1. The molecule has 0 bridgehead atoms. The Hall–Kier alpha value is -1.41. The number of Topliss-reactive ketones (excluding diaryl/α,β-unsaturated/α-hetero) is 1. The van der Waals surface area contributed by atoms with E-state index in [9.17, 15) is 4.79 Å². The molecule has 0 spiro atoms. The number of fused-ring (bicyclic) bond motifs is 1. The van der Waals surface area contributed by atoms with Gasteiger partial charge in [-0.1, -0.05) is 43.3 Å². The van der Waals surface area contributed by atoms with Gasteiger partial charge in [-0.25, -0.2) is 0 Å². The predicted molar refractivity (Wildman–Crippen MR) is 75.7 cm³/mol. The van der Waals surface area contributed by atoms with Crippen LogP contribution in [-0.2, 0) is 9.53 Å². The summed E-state index contributed by atoms with van der Waals surface area (Å²) in [7, 11) is 0. The Labute approximate surface area is 114 Å². The molecule has 0 N–H and O–H groups in total. The molecule has 1 heterocycles. The third kappa shape index (κ3) is 2.50. The molecule has 19 heavy (non-hydrogen) atoms. The van der Waals surface area contributed by atoms with Gasteiger partial charge in [0.25, 0.3) is 0 Å². The van der Waals surface area contributed by atoms with Gasteiger partial charge in [-0.2, -0.15) is 0 Å². The van der Waals surface area contributed by atoms with Gasteiger partial charge in [0.1, 0.15) is 5.78 Å². The van der Waals surface area contributed by atoms with Crippen LogP contribution in [0.4, 0.5) is 0 Å². The van der Waals surface area contributed by atoms with Crippen LogP contribution >= 0.6 is 0 Å². The van der Waals surface area contributed by atoms with Gasteiger partial charge in [0.2, 0.25) is 0 Å². The van der Waals surface area contributed by atoms with Crippen molar-refractivity contribution in [3.63, 3.8) is 0 Å². The van der Waals surface area contributed by atoms with E-state index in [1.54, 1.807) is 0 Å². The largest absolute Gasteiger partial charge is 0.380 e. The molecule has 1 aromatic rings. The molecule has 2 aliphatic rings. The number of carbonyl (C=O) groups is 1. The van der Waals surface area contributed by atoms with Gasteiger partial charge in [-0.05, 0) is 17.6 Å². The highest BCUT2D eigenvalue weighted by Crippen LogP contribution is 2.42. The fourth-order valence-electron chi connectivity index (χ4n) is 3.19. The van der Waals surface area contributed by atoms with E-state index < -0.39 is 0 Å². The monoisotopic (exact) mass is 256 g/mol. The van der Waals surface area contributed by atoms with E-state index in [2.05, 4.69) is 37.3 Å². The molecule has 3 rings (SSSR count). The summed E-state index contributed by atoms with van der Waals surface area (Å²) in [5.74, 6) is 0.742. The van der Waals surface area contributed by atoms with Gasteiger partial charge in [0, 0.05) is 24.2 Å². The lowest BCUT2D eigenvalue weighted by Gasteiger charge is -2.29. The summed E-state index contributed by atoms with van der Waals surface area (Å²) in [5.41, 5.74) is 2.54. The molecule has 1 saturated heterocycles. The number of benzene rings is 1. The van der Waals surface area contributed by atoms with Crippen molar-refractivity contribution in [3.05, 3.63) is 42.0 Å². The van der Waals surface area contributed by atoms with E-state index in [1.165, 1.54) is 11.1 Å². The average molecular weight is 256 g/mol. The number of ether oxygens (including phenoxy) is 1. The molecule has 0 radical (unpaired) electrons. The van der Waals surface area contributed by atoms with Crippen LogP contribution in [0.1, 0.15) is 31.7 Å². The molecule has 1 aliphatic heterocycles. The van der Waals surface area contributed by atoms with Crippen LogP contribution < -0.4 is 0 Å². The Bertz CT molecular complexity index is 503. The minimum absolute atomic E-state index is 0.00245. The fraction of sp³-hybridized carbons (Fsp3) is 0.471. The summed E-state index contributed by atoms with van der Waals surface area (Å²) in [6.45, 7) is 3.65. The number of rotatable bonds is 1. The Morgan fingerprint density at radius 3 is 2.79 bits per heavy atom. The van der Waals surface area contributed by atoms with Crippen LogP contribution in [0.2, 0.25) is 0 Å². The van der Waals surface area contributed by atoms with Crippen LogP contribution in [0.5, 0.6) is 0 Å². The zero-order valence-electron chi connectivity index (χ0n) is 11.4. The van der Waals surface area contributed by atoms with Crippen LogP contribution in [0.25, 0.3) is 5.57 Å². The van der Waals surface area contributed by atoms with Crippen molar-refractivity contribution in [3.8, 4) is 0 Å². The third-order valence-corrected chi connectivity index (χ3v) is 4.45. The first-order valence-corrected chi connectivity index (χ1v) is 7.03. The molecule has 0 saturated carbocycles. The predicted octanol–water partition coefficient (Wildman–Crippen LogP) is 3.48. The highest BCUT2D eigenvalue weighted by molar-refractivity contribution is 5.82. The van der Waals surface area contributed by atoms with Gasteiger partial charge in [-0.3, -0.25) is 4.79 Å². The average Bonchev–Trinajstić information content (AvgIpc) is 2.74. The minimum atomic E-state index is -0.00245. The second-order valence-corrected chi connectivity index (χ2v) is 6.05. The van der Waals surface area contributed by atoms with E-state index in [0.29, 0.717) is 31.1 Å². The van der Waals surface area contributed by atoms with E-state index in [1.807, 2.05) is 6.07 Å². The summed E-state index contributed by atoms with van der Waals surface area (Å²) >= 11 is 0. The molecule has 2 atom stereocenters. The topological polar surface area (TPSA) is 26.3 Å². The van der Waals surface area contributed by atoms with Crippen molar-refractivity contribution in [2.75, 3.05) is 13.2 Å². The lowest BCUT2D eigenvalue weighted by Crippen LogP contribution is -2.29. The normalized spacial score (nSPS) is 34.1. The number of carbonyl (C=O) groups excluding carboxylic acids is 1. The molecule has 1 aliphatic carbocycles. The van der Waals surface area contributed by atoms with Gasteiger partial charge >= 0.3 is 0 Å². The molecule has 2 heteroatoms. The SMILES string of the molecule is C[C@]12COC[C@H]1/C=C(/c1ccccc1)CCC(=O)C2. The molecule has 0 amide bonds.